The van der Waals surface area contributed by atoms with Crippen LogP contribution in [0.2, 0.25) is 0 Å². The molecule has 0 fully saturated rings. The zero-order valence-corrected chi connectivity index (χ0v) is 38.1. The van der Waals surface area contributed by atoms with Gasteiger partial charge in [-0.3, -0.25) is 0 Å². The van der Waals surface area contributed by atoms with Crippen molar-refractivity contribution in [2.45, 2.75) is 6.17 Å². The molecule has 0 amide bonds. The van der Waals surface area contributed by atoms with Gasteiger partial charge in [-0.15, -0.1) is 11.3 Å². The van der Waals surface area contributed by atoms with E-state index in [0.29, 0.717) is 0 Å². The smallest absolute Gasteiger partial charge is 0.170 e. The highest BCUT2D eigenvalue weighted by Crippen LogP contribution is 2.43. The number of rotatable bonds is 7. The molecule has 0 aliphatic carbocycles. The van der Waals surface area contributed by atoms with Gasteiger partial charge in [0.15, 0.2) is 6.17 Å². The van der Waals surface area contributed by atoms with Crippen LogP contribution in [0.4, 0.5) is 0 Å². The summed E-state index contributed by atoms with van der Waals surface area (Å²) in [6.45, 7) is 0. The molecule has 1 aliphatic rings. The van der Waals surface area contributed by atoms with Crippen molar-refractivity contribution in [3.05, 3.63) is 253 Å². The third-order valence-corrected chi connectivity index (χ3v) is 14.9. The summed E-state index contributed by atoms with van der Waals surface area (Å²) in [5.41, 5.74) is 14.6. The molecular formula is C63H41N5S. The van der Waals surface area contributed by atoms with E-state index in [0.717, 1.165) is 72.7 Å². The number of hydrogen-bond donors (Lipinski definition) is 1. The van der Waals surface area contributed by atoms with Crippen molar-refractivity contribution in [1.29, 1.82) is 0 Å². The van der Waals surface area contributed by atoms with Crippen LogP contribution in [0, 0.1) is 0 Å². The molecule has 69 heavy (non-hydrogen) atoms. The van der Waals surface area contributed by atoms with Crippen LogP contribution in [0.1, 0.15) is 22.9 Å². The van der Waals surface area contributed by atoms with Crippen LogP contribution >= 0.6 is 11.3 Å². The van der Waals surface area contributed by atoms with Crippen LogP contribution < -0.4 is 5.32 Å². The SMILES string of the molecule is c1ccc(C2=NC(c3cccc4c3c3cc(-c5ccc6c(c5)c5cc(-c7ccc8sc9ccccc9c8c7)ccc5n6-c5ccccc5)ccc3n4-c3ccccc3)N=C(c3ccccc3)N2)cc1. The number of nitrogens with one attached hydrogen (secondary N) is 1. The minimum atomic E-state index is -0.493. The molecule has 5 nitrogen and oxygen atoms in total. The zero-order chi connectivity index (χ0) is 45.4. The summed E-state index contributed by atoms with van der Waals surface area (Å²) in [5.74, 6) is 1.59. The van der Waals surface area contributed by atoms with Gasteiger partial charge in [0.25, 0.3) is 0 Å². The van der Waals surface area contributed by atoms with E-state index >= 15 is 0 Å². The van der Waals surface area contributed by atoms with Gasteiger partial charge >= 0.3 is 0 Å². The Morgan fingerprint density at radius 1 is 0.333 bits per heavy atom. The Hall–Kier alpha value is -8.84. The van der Waals surface area contributed by atoms with E-state index in [1.54, 1.807) is 0 Å². The molecule has 0 bridgehead atoms. The molecule has 324 valence electrons. The van der Waals surface area contributed by atoms with Crippen LogP contribution in [0.25, 0.3) is 97.4 Å². The summed E-state index contributed by atoms with van der Waals surface area (Å²) in [5, 5.41) is 10.9. The van der Waals surface area contributed by atoms with Gasteiger partial charge < -0.3 is 14.5 Å². The van der Waals surface area contributed by atoms with Crippen molar-refractivity contribution in [2.24, 2.45) is 9.98 Å². The van der Waals surface area contributed by atoms with Gasteiger partial charge in [0.05, 0.1) is 22.1 Å². The number of thiophene rings is 1. The number of benzene rings is 10. The molecule has 0 spiro atoms. The highest BCUT2D eigenvalue weighted by molar-refractivity contribution is 7.25. The van der Waals surface area contributed by atoms with Crippen LogP contribution in [-0.2, 0) is 0 Å². The number of para-hydroxylation sites is 2. The Balaban J connectivity index is 0.973. The summed E-state index contributed by atoms with van der Waals surface area (Å²) < 4.78 is 7.43. The summed E-state index contributed by atoms with van der Waals surface area (Å²) in [4.78, 5) is 10.7. The van der Waals surface area contributed by atoms with Crippen molar-refractivity contribution < 1.29 is 0 Å². The molecule has 6 heteroatoms. The highest BCUT2D eigenvalue weighted by atomic mass is 32.1. The fraction of sp³-hybridized carbons (Fsp3) is 0.0159. The molecule has 0 saturated carbocycles. The first-order valence-corrected chi connectivity index (χ1v) is 24.2. The molecular weight excluding hydrogens is 859 g/mol. The summed E-state index contributed by atoms with van der Waals surface area (Å²) in [6, 6.07) is 85.3. The Kier molecular flexibility index (Phi) is 9.07. The lowest BCUT2D eigenvalue weighted by Gasteiger charge is -2.23. The van der Waals surface area contributed by atoms with Gasteiger partial charge in [-0.2, -0.15) is 0 Å². The van der Waals surface area contributed by atoms with E-state index in [2.05, 4.69) is 239 Å². The molecule has 0 radical (unpaired) electrons. The average molecular weight is 900 g/mol. The molecule has 3 aromatic heterocycles. The predicted molar refractivity (Wildman–Crippen MR) is 291 cm³/mol. The van der Waals surface area contributed by atoms with Crippen molar-refractivity contribution in [3.63, 3.8) is 0 Å². The van der Waals surface area contributed by atoms with Crippen molar-refractivity contribution in [2.75, 3.05) is 0 Å². The number of aromatic nitrogens is 2. The number of amidine groups is 2. The third kappa shape index (κ3) is 6.52. The van der Waals surface area contributed by atoms with Gasteiger partial charge in [0.1, 0.15) is 11.7 Å². The molecule has 0 saturated heterocycles. The first-order chi connectivity index (χ1) is 34.2. The fourth-order valence-electron chi connectivity index (χ4n) is 10.6. The van der Waals surface area contributed by atoms with E-state index < -0.39 is 6.17 Å². The monoisotopic (exact) mass is 899 g/mol. The van der Waals surface area contributed by atoms with Crippen molar-refractivity contribution >= 4 is 86.8 Å². The summed E-state index contributed by atoms with van der Waals surface area (Å²) >= 11 is 1.86. The van der Waals surface area contributed by atoms with Crippen molar-refractivity contribution in [3.8, 4) is 33.6 Å². The topological polar surface area (TPSA) is 46.6 Å². The average Bonchev–Trinajstić information content (AvgIpc) is 4.08. The zero-order valence-electron chi connectivity index (χ0n) is 37.3. The van der Waals surface area contributed by atoms with Crippen LogP contribution in [0.5, 0.6) is 0 Å². The van der Waals surface area contributed by atoms with E-state index in [9.17, 15) is 0 Å². The quantitative estimate of drug-likeness (QED) is 0.170. The maximum atomic E-state index is 5.37. The predicted octanol–water partition coefficient (Wildman–Crippen LogP) is 16.1. The molecule has 0 atom stereocenters. The van der Waals surface area contributed by atoms with Gasteiger partial charge in [-0.05, 0) is 107 Å². The third-order valence-electron chi connectivity index (χ3n) is 13.8. The van der Waals surface area contributed by atoms with E-state index in [4.69, 9.17) is 9.98 Å². The molecule has 1 aliphatic heterocycles. The first kappa shape index (κ1) is 39.3. The van der Waals surface area contributed by atoms with E-state index in [1.165, 1.54) is 53.1 Å². The molecule has 10 aromatic carbocycles. The molecule has 4 heterocycles. The number of hydrogen-bond acceptors (Lipinski definition) is 4. The number of nitrogens with zero attached hydrogens (tertiary/aromatic N) is 4. The highest BCUT2D eigenvalue weighted by Gasteiger charge is 2.25. The molecule has 14 rings (SSSR count). The van der Waals surface area contributed by atoms with Gasteiger partial charge in [-0.1, -0.05) is 152 Å². The van der Waals surface area contributed by atoms with E-state index in [-0.39, 0.29) is 0 Å². The van der Waals surface area contributed by atoms with E-state index in [1.807, 2.05) is 23.5 Å². The van der Waals surface area contributed by atoms with Gasteiger partial charge in [0, 0.05) is 69.8 Å². The van der Waals surface area contributed by atoms with Crippen LogP contribution in [0.15, 0.2) is 247 Å². The van der Waals surface area contributed by atoms with Crippen LogP contribution in [-0.4, -0.2) is 20.8 Å². The number of aliphatic imine (C=N–C) groups is 2. The van der Waals surface area contributed by atoms with Gasteiger partial charge in [-0.25, -0.2) is 9.98 Å². The van der Waals surface area contributed by atoms with Crippen LogP contribution in [0.3, 0.4) is 0 Å². The number of fused-ring (bicyclic) bond motifs is 9. The summed E-state index contributed by atoms with van der Waals surface area (Å²) in [7, 11) is 0. The van der Waals surface area contributed by atoms with Gasteiger partial charge in [0.2, 0.25) is 0 Å². The second kappa shape index (κ2) is 15.9. The fourth-order valence-corrected chi connectivity index (χ4v) is 11.7. The molecule has 1 N–H and O–H groups in total. The molecule has 13 aromatic rings. The molecule has 0 unspecified atom stereocenters. The minimum Gasteiger partial charge on any atom is -0.324 e. The standard InChI is InChI=1S/C63H41N5S/c1-5-16-40(17-6-1)61-64-62(41-18-7-2-8-19-41)66-63(65-61)49-25-15-26-57-60(49)53-39-44(30-34-56(53)68(57)47-22-11-4-12-23-47)42-28-32-54-50(36-42)51-37-43(29-33-55(51)67(54)46-20-9-3-10-21-46)45-31-35-59-52(38-45)48-24-13-14-27-58(48)69-59/h1-39,63H,(H,64,65,66). The van der Waals surface area contributed by atoms with Crippen molar-refractivity contribution in [1.82, 2.24) is 14.5 Å². The summed E-state index contributed by atoms with van der Waals surface area (Å²) in [6.07, 6.45) is -0.493. The minimum absolute atomic E-state index is 0.493. The lowest BCUT2D eigenvalue weighted by Crippen LogP contribution is -2.36. The lowest BCUT2D eigenvalue weighted by molar-refractivity contribution is 0.762. The second-order valence-corrected chi connectivity index (χ2v) is 18.9. The first-order valence-electron chi connectivity index (χ1n) is 23.4. The normalized spacial score (nSPS) is 13.2. The Morgan fingerprint density at radius 3 is 1.36 bits per heavy atom. The Labute approximate surface area is 402 Å². The second-order valence-electron chi connectivity index (χ2n) is 17.8. The lowest BCUT2D eigenvalue weighted by atomic mass is 9.97. The Bertz CT molecular complexity index is 4150. The Morgan fingerprint density at radius 2 is 0.783 bits per heavy atom. The maximum Gasteiger partial charge on any atom is 0.170 e. The maximum absolute atomic E-state index is 5.37. The largest absolute Gasteiger partial charge is 0.324 e.